The molecule has 4 rings (SSSR count). The molecule has 2 aliphatic heterocycles. The Morgan fingerprint density at radius 1 is 1.19 bits per heavy atom. The van der Waals surface area contributed by atoms with Crippen molar-refractivity contribution in [2.45, 2.75) is 64.0 Å². The smallest absolute Gasteiger partial charge is 0.323 e. The number of guanidine groups is 1. The van der Waals surface area contributed by atoms with Gasteiger partial charge in [0.2, 0.25) is 17.8 Å². The third kappa shape index (κ3) is 5.20. The van der Waals surface area contributed by atoms with Gasteiger partial charge >= 0.3 is 5.97 Å². The first-order chi connectivity index (χ1) is 15.5. The number of rotatable bonds is 10. The SMILES string of the molecule is O=C(O)CN(C(=O)CCCCCOc1cccc2c1N=C1NC(=O)CN1C2)C1CCCC1. The van der Waals surface area contributed by atoms with Crippen molar-refractivity contribution in [3.63, 3.8) is 0 Å². The minimum atomic E-state index is -0.950. The number of amides is 2. The van der Waals surface area contributed by atoms with Gasteiger partial charge in [-0.1, -0.05) is 25.0 Å². The van der Waals surface area contributed by atoms with E-state index in [0.717, 1.165) is 49.8 Å². The molecular weight excluding hydrogens is 412 g/mol. The average Bonchev–Trinajstić information content (AvgIpc) is 3.41. The normalized spacial score (nSPS) is 17.4. The minimum absolute atomic E-state index is 0.0524. The average molecular weight is 443 g/mol. The van der Waals surface area contributed by atoms with Gasteiger partial charge in [-0.05, 0) is 38.2 Å². The number of hydrogen-bond acceptors (Lipinski definition) is 6. The van der Waals surface area contributed by atoms with Crippen LogP contribution in [-0.2, 0) is 20.9 Å². The van der Waals surface area contributed by atoms with Gasteiger partial charge in [-0.25, -0.2) is 4.99 Å². The molecule has 32 heavy (non-hydrogen) atoms. The molecule has 0 atom stereocenters. The van der Waals surface area contributed by atoms with Crippen LogP contribution in [0.3, 0.4) is 0 Å². The monoisotopic (exact) mass is 442 g/mol. The molecular formula is C23H30N4O5. The number of carbonyl (C=O) groups excluding carboxylic acids is 2. The summed E-state index contributed by atoms with van der Waals surface area (Å²) in [7, 11) is 0. The van der Waals surface area contributed by atoms with E-state index in [1.54, 1.807) is 4.90 Å². The summed E-state index contributed by atoms with van der Waals surface area (Å²) in [6.45, 7) is 1.26. The molecule has 9 nitrogen and oxygen atoms in total. The number of ether oxygens (including phenoxy) is 1. The van der Waals surface area contributed by atoms with E-state index < -0.39 is 5.97 Å². The van der Waals surface area contributed by atoms with E-state index >= 15 is 0 Å². The Hall–Kier alpha value is -3.10. The molecule has 1 saturated heterocycles. The van der Waals surface area contributed by atoms with Crippen LogP contribution in [0.25, 0.3) is 0 Å². The van der Waals surface area contributed by atoms with E-state index in [0.29, 0.717) is 44.2 Å². The molecule has 2 fully saturated rings. The van der Waals surface area contributed by atoms with Gasteiger partial charge < -0.3 is 19.6 Å². The Morgan fingerprint density at radius 3 is 2.78 bits per heavy atom. The van der Waals surface area contributed by atoms with Gasteiger partial charge in [0.15, 0.2) is 0 Å². The zero-order chi connectivity index (χ0) is 22.5. The highest BCUT2D eigenvalue weighted by atomic mass is 16.5. The Labute approximate surface area is 187 Å². The highest BCUT2D eigenvalue weighted by Gasteiger charge is 2.30. The number of nitrogens with zero attached hydrogens (tertiary/aromatic N) is 3. The lowest BCUT2D eigenvalue weighted by Crippen LogP contribution is -2.42. The second kappa shape index (κ2) is 10.0. The molecule has 2 amide bonds. The Morgan fingerprint density at radius 2 is 2.00 bits per heavy atom. The number of benzene rings is 1. The predicted octanol–water partition coefficient (Wildman–Crippen LogP) is 2.41. The second-order valence-corrected chi connectivity index (χ2v) is 8.62. The van der Waals surface area contributed by atoms with Crippen molar-refractivity contribution in [2.75, 3.05) is 19.7 Å². The van der Waals surface area contributed by atoms with Crippen LogP contribution in [-0.4, -0.2) is 64.4 Å². The molecule has 9 heteroatoms. The standard InChI is InChI=1S/C23H30N4O5/c28-19-14-26-13-16-7-6-10-18(22(16)25-23(26)24-19)32-12-5-1-2-11-20(29)27(15-21(30)31)17-8-3-4-9-17/h6-7,10,17H,1-5,8-9,11-15H2,(H,30,31)(H,24,25,28). The van der Waals surface area contributed by atoms with Crippen LogP contribution in [0.5, 0.6) is 5.75 Å². The summed E-state index contributed by atoms with van der Waals surface area (Å²) in [6.07, 6.45) is 6.62. The van der Waals surface area contributed by atoms with Gasteiger partial charge in [0.05, 0.1) is 6.61 Å². The van der Waals surface area contributed by atoms with Crippen LogP contribution >= 0.6 is 0 Å². The Balaban J connectivity index is 1.22. The van der Waals surface area contributed by atoms with Crippen molar-refractivity contribution in [3.05, 3.63) is 23.8 Å². The highest BCUT2D eigenvalue weighted by Crippen LogP contribution is 2.36. The van der Waals surface area contributed by atoms with Crippen molar-refractivity contribution >= 4 is 29.4 Å². The fourth-order valence-corrected chi connectivity index (χ4v) is 4.63. The molecule has 0 spiro atoms. The number of aliphatic imine (C=N–C) groups is 1. The summed E-state index contributed by atoms with van der Waals surface area (Å²) in [4.78, 5) is 43.4. The summed E-state index contributed by atoms with van der Waals surface area (Å²) in [5.41, 5.74) is 1.79. The van der Waals surface area contributed by atoms with Crippen molar-refractivity contribution in [1.29, 1.82) is 0 Å². The molecule has 1 saturated carbocycles. The Kier molecular flexibility index (Phi) is 6.92. The summed E-state index contributed by atoms with van der Waals surface area (Å²) < 4.78 is 5.96. The van der Waals surface area contributed by atoms with Crippen LogP contribution < -0.4 is 10.1 Å². The molecule has 0 bridgehead atoms. The lowest BCUT2D eigenvalue weighted by molar-refractivity contribution is -0.146. The largest absolute Gasteiger partial charge is 0.491 e. The highest BCUT2D eigenvalue weighted by molar-refractivity contribution is 6.06. The Bertz CT molecular complexity index is 910. The second-order valence-electron chi connectivity index (χ2n) is 8.62. The number of hydrogen-bond donors (Lipinski definition) is 2. The van der Waals surface area contributed by atoms with E-state index in [2.05, 4.69) is 10.3 Å². The van der Waals surface area contributed by atoms with Crippen LogP contribution in [0.1, 0.15) is 56.9 Å². The van der Waals surface area contributed by atoms with E-state index in [-0.39, 0.29) is 24.4 Å². The third-order valence-corrected chi connectivity index (χ3v) is 6.23. The zero-order valence-electron chi connectivity index (χ0n) is 18.2. The molecule has 1 aliphatic carbocycles. The van der Waals surface area contributed by atoms with Gasteiger partial charge in [0.25, 0.3) is 0 Å². The van der Waals surface area contributed by atoms with Gasteiger partial charge in [0, 0.05) is 24.6 Å². The lowest BCUT2D eigenvalue weighted by Gasteiger charge is -2.27. The maximum Gasteiger partial charge on any atom is 0.323 e. The number of aliphatic carboxylic acids is 1. The fourth-order valence-electron chi connectivity index (χ4n) is 4.63. The topological polar surface area (TPSA) is 112 Å². The summed E-state index contributed by atoms with van der Waals surface area (Å²) >= 11 is 0. The van der Waals surface area contributed by atoms with Crippen molar-refractivity contribution in [3.8, 4) is 5.75 Å². The van der Waals surface area contributed by atoms with Crippen molar-refractivity contribution < 1.29 is 24.2 Å². The van der Waals surface area contributed by atoms with Gasteiger partial charge in [0.1, 0.15) is 24.5 Å². The number of unbranched alkanes of at least 4 members (excludes halogenated alkanes) is 2. The molecule has 0 unspecified atom stereocenters. The fraction of sp³-hybridized carbons (Fsp3) is 0.565. The molecule has 3 aliphatic rings. The maximum absolute atomic E-state index is 12.6. The number of carbonyl (C=O) groups is 3. The van der Waals surface area contributed by atoms with Crippen molar-refractivity contribution in [1.82, 2.24) is 15.1 Å². The predicted molar refractivity (Wildman–Crippen MR) is 118 cm³/mol. The molecule has 1 aromatic rings. The quantitative estimate of drug-likeness (QED) is 0.538. The minimum Gasteiger partial charge on any atom is -0.491 e. The number of carboxylic acid groups (broad SMARTS) is 1. The molecule has 2 N–H and O–H groups in total. The van der Waals surface area contributed by atoms with E-state index in [1.165, 1.54) is 0 Å². The van der Waals surface area contributed by atoms with Crippen LogP contribution in [0.2, 0.25) is 0 Å². The maximum atomic E-state index is 12.6. The summed E-state index contributed by atoms with van der Waals surface area (Å²) in [5.74, 6) is 0.208. The van der Waals surface area contributed by atoms with Crippen LogP contribution in [0.15, 0.2) is 23.2 Å². The zero-order valence-corrected chi connectivity index (χ0v) is 18.2. The summed E-state index contributed by atoms with van der Waals surface area (Å²) in [5, 5.41) is 11.9. The van der Waals surface area contributed by atoms with E-state index in [9.17, 15) is 14.4 Å². The first-order valence-corrected chi connectivity index (χ1v) is 11.4. The third-order valence-electron chi connectivity index (χ3n) is 6.23. The lowest BCUT2D eigenvalue weighted by atomic mass is 10.1. The molecule has 0 aromatic heterocycles. The summed E-state index contributed by atoms with van der Waals surface area (Å²) in [6, 6.07) is 5.88. The first-order valence-electron chi connectivity index (χ1n) is 11.4. The van der Waals surface area contributed by atoms with Crippen molar-refractivity contribution in [2.24, 2.45) is 4.99 Å². The first kappa shape index (κ1) is 22.1. The molecule has 172 valence electrons. The number of carboxylic acids is 1. The van der Waals surface area contributed by atoms with E-state index in [4.69, 9.17) is 9.84 Å². The van der Waals surface area contributed by atoms with Crippen LogP contribution in [0.4, 0.5) is 5.69 Å². The van der Waals surface area contributed by atoms with Gasteiger partial charge in [-0.2, -0.15) is 0 Å². The molecule has 2 heterocycles. The van der Waals surface area contributed by atoms with E-state index in [1.807, 2.05) is 23.1 Å². The van der Waals surface area contributed by atoms with Gasteiger partial charge in [-0.3, -0.25) is 19.7 Å². The number of nitrogens with one attached hydrogen (secondary N) is 1. The number of fused-ring (bicyclic) bond motifs is 2. The molecule has 0 radical (unpaired) electrons. The molecule has 1 aromatic carbocycles. The van der Waals surface area contributed by atoms with Gasteiger partial charge in [-0.15, -0.1) is 0 Å². The number of para-hydroxylation sites is 1. The van der Waals surface area contributed by atoms with Crippen LogP contribution in [0, 0.1) is 0 Å².